The summed E-state index contributed by atoms with van der Waals surface area (Å²) in [6.07, 6.45) is 1.43. The molecular weight excluding hydrogens is 404 g/mol. The summed E-state index contributed by atoms with van der Waals surface area (Å²) in [6, 6.07) is 27.4. The molecule has 2 N–H and O–H groups in total. The molecule has 160 valence electrons. The Morgan fingerprint density at radius 1 is 0.812 bits per heavy atom. The summed E-state index contributed by atoms with van der Waals surface area (Å²) in [4.78, 5) is 25.8. The number of hydrogen-bond acceptors (Lipinski definition) is 4. The van der Waals surface area contributed by atoms with Crippen molar-refractivity contribution in [3.05, 3.63) is 114 Å². The van der Waals surface area contributed by atoms with E-state index in [9.17, 15) is 9.59 Å². The fourth-order valence-electron chi connectivity index (χ4n) is 3.47. The Bertz CT molecular complexity index is 1150. The molecule has 2 amide bonds. The first kappa shape index (κ1) is 20.9. The highest BCUT2D eigenvalue weighted by atomic mass is 16.5. The van der Waals surface area contributed by atoms with Crippen LogP contribution < -0.4 is 15.4 Å². The maximum absolute atomic E-state index is 13.4. The fourth-order valence-corrected chi connectivity index (χ4v) is 3.47. The van der Waals surface area contributed by atoms with Gasteiger partial charge in [-0.1, -0.05) is 60.7 Å². The summed E-state index contributed by atoms with van der Waals surface area (Å²) in [5.74, 6) is -0.434. The molecule has 0 aliphatic rings. The molecule has 0 unspecified atom stereocenters. The topological polar surface area (TPSA) is 80.6 Å². The van der Waals surface area contributed by atoms with Gasteiger partial charge in [-0.2, -0.15) is 0 Å². The highest BCUT2D eigenvalue weighted by molar-refractivity contribution is 6.03. The van der Waals surface area contributed by atoms with Crippen molar-refractivity contribution in [2.75, 3.05) is 17.7 Å². The molecule has 1 aromatic heterocycles. The molecule has 6 nitrogen and oxygen atoms in total. The molecule has 0 aliphatic heterocycles. The Kier molecular flexibility index (Phi) is 6.32. The predicted octanol–water partition coefficient (Wildman–Crippen LogP) is 5.31. The van der Waals surface area contributed by atoms with Gasteiger partial charge in [0.2, 0.25) is 5.91 Å². The van der Waals surface area contributed by atoms with E-state index in [-0.39, 0.29) is 17.6 Å². The molecule has 4 rings (SSSR count). The first-order chi connectivity index (χ1) is 15.7. The van der Waals surface area contributed by atoms with E-state index in [0.717, 1.165) is 11.1 Å². The molecule has 0 spiro atoms. The molecular formula is C26H22N2O4. The van der Waals surface area contributed by atoms with Gasteiger partial charge in [0.1, 0.15) is 5.75 Å². The van der Waals surface area contributed by atoms with Crippen molar-refractivity contribution < 1.29 is 18.7 Å². The number of anilines is 2. The lowest BCUT2D eigenvalue weighted by atomic mass is 9.90. The molecule has 6 heteroatoms. The lowest BCUT2D eigenvalue weighted by Crippen LogP contribution is -2.22. The highest BCUT2D eigenvalue weighted by Gasteiger charge is 2.24. The Balaban J connectivity index is 1.62. The zero-order valence-corrected chi connectivity index (χ0v) is 17.4. The van der Waals surface area contributed by atoms with Crippen LogP contribution in [0.15, 0.2) is 102 Å². The van der Waals surface area contributed by atoms with Gasteiger partial charge in [0.25, 0.3) is 5.91 Å². The summed E-state index contributed by atoms with van der Waals surface area (Å²) in [6.45, 7) is 0. The van der Waals surface area contributed by atoms with Gasteiger partial charge >= 0.3 is 0 Å². The molecule has 0 saturated heterocycles. The first-order valence-corrected chi connectivity index (χ1v) is 10.1. The van der Waals surface area contributed by atoms with Gasteiger partial charge < -0.3 is 19.8 Å². The molecule has 0 fully saturated rings. The van der Waals surface area contributed by atoms with Gasteiger partial charge in [0.15, 0.2) is 5.76 Å². The number of furan rings is 1. The molecule has 1 heterocycles. The van der Waals surface area contributed by atoms with E-state index in [1.165, 1.54) is 13.4 Å². The van der Waals surface area contributed by atoms with Crippen LogP contribution in [0.1, 0.15) is 27.6 Å². The third-order valence-electron chi connectivity index (χ3n) is 4.99. The summed E-state index contributed by atoms with van der Waals surface area (Å²) in [7, 11) is 1.53. The summed E-state index contributed by atoms with van der Waals surface area (Å²) < 4.78 is 10.6. The normalized spacial score (nSPS) is 10.6. The standard InChI is InChI=1S/C26H22N2O4/c1-31-22-15-14-20(27-25(29)23-13-8-16-32-23)17-21(22)28-26(30)24(18-9-4-2-5-10-18)19-11-6-3-7-12-19/h2-17,24H,1H3,(H,27,29)(H,28,30). The monoisotopic (exact) mass is 426 g/mol. The van der Waals surface area contributed by atoms with Gasteiger partial charge in [0, 0.05) is 5.69 Å². The minimum Gasteiger partial charge on any atom is -0.495 e. The summed E-state index contributed by atoms with van der Waals surface area (Å²) in [5.41, 5.74) is 2.69. The lowest BCUT2D eigenvalue weighted by Gasteiger charge is -2.19. The van der Waals surface area contributed by atoms with E-state index in [1.807, 2.05) is 60.7 Å². The average Bonchev–Trinajstić information content (AvgIpc) is 3.36. The third kappa shape index (κ3) is 4.70. The number of carbonyl (C=O) groups is 2. The number of carbonyl (C=O) groups excluding carboxylic acids is 2. The van der Waals surface area contributed by atoms with Crippen LogP contribution in [0.3, 0.4) is 0 Å². The van der Waals surface area contributed by atoms with Crippen molar-refractivity contribution >= 4 is 23.2 Å². The third-order valence-corrected chi connectivity index (χ3v) is 4.99. The number of benzene rings is 3. The summed E-state index contributed by atoms with van der Waals surface area (Å²) in [5, 5.41) is 5.73. The molecule has 0 aliphatic carbocycles. The average molecular weight is 426 g/mol. The number of amides is 2. The zero-order chi connectivity index (χ0) is 22.3. The van der Waals surface area contributed by atoms with Gasteiger partial charge in [-0.05, 0) is 41.5 Å². The van der Waals surface area contributed by atoms with Gasteiger partial charge in [-0.25, -0.2) is 0 Å². The molecule has 0 radical (unpaired) electrons. The maximum atomic E-state index is 13.4. The number of nitrogens with one attached hydrogen (secondary N) is 2. The maximum Gasteiger partial charge on any atom is 0.291 e. The van der Waals surface area contributed by atoms with Crippen LogP contribution in [0.4, 0.5) is 11.4 Å². The van der Waals surface area contributed by atoms with Crippen LogP contribution in [0.2, 0.25) is 0 Å². The van der Waals surface area contributed by atoms with Crippen molar-refractivity contribution in [2.24, 2.45) is 0 Å². The van der Waals surface area contributed by atoms with Gasteiger partial charge in [-0.15, -0.1) is 0 Å². The van der Waals surface area contributed by atoms with Crippen molar-refractivity contribution in [1.29, 1.82) is 0 Å². The smallest absolute Gasteiger partial charge is 0.291 e. The van der Waals surface area contributed by atoms with Crippen LogP contribution in [0.5, 0.6) is 5.75 Å². The first-order valence-electron chi connectivity index (χ1n) is 10.1. The van der Waals surface area contributed by atoms with Crippen LogP contribution in [-0.2, 0) is 4.79 Å². The van der Waals surface area contributed by atoms with Crippen molar-refractivity contribution in [1.82, 2.24) is 0 Å². The van der Waals surface area contributed by atoms with Crippen LogP contribution >= 0.6 is 0 Å². The van der Waals surface area contributed by atoms with E-state index in [4.69, 9.17) is 9.15 Å². The van der Waals surface area contributed by atoms with Crippen LogP contribution in [-0.4, -0.2) is 18.9 Å². The molecule has 0 saturated carbocycles. The SMILES string of the molecule is COc1ccc(NC(=O)c2ccco2)cc1NC(=O)C(c1ccccc1)c1ccccc1. The second-order valence-corrected chi connectivity index (χ2v) is 7.09. The molecule has 32 heavy (non-hydrogen) atoms. The molecule has 4 aromatic rings. The van der Waals surface area contributed by atoms with Crippen LogP contribution in [0.25, 0.3) is 0 Å². The lowest BCUT2D eigenvalue weighted by molar-refractivity contribution is -0.116. The van der Waals surface area contributed by atoms with E-state index in [0.29, 0.717) is 17.1 Å². The minimum atomic E-state index is -0.511. The summed E-state index contributed by atoms with van der Waals surface area (Å²) >= 11 is 0. The van der Waals surface area contributed by atoms with Crippen LogP contribution in [0, 0.1) is 0 Å². The van der Waals surface area contributed by atoms with Gasteiger partial charge in [0.05, 0.1) is 25.0 Å². The predicted molar refractivity (Wildman–Crippen MR) is 123 cm³/mol. The minimum absolute atomic E-state index is 0.194. The Hall–Kier alpha value is -4.32. The van der Waals surface area contributed by atoms with E-state index >= 15 is 0 Å². The highest BCUT2D eigenvalue weighted by Crippen LogP contribution is 2.31. The largest absolute Gasteiger partial charge is 0.495 e. The van der Waals surface area contributed by atoms with E-state index in [2.05, 4.69) is 10.6 Å². The van der Waals surface area contributed by atoms with E-state index < -0.39 is 5.92 Å². The van der Waals surface area contributed by atoms with Gasteiger partial charge in [-0.3, -0.25) is 9.59 Å². The molecule has 0 bridgehead atoms. The Labute approximate surface area is 185 Å². The van der Waals surface area contributed by atoms with Crippen molar-refractivity contribution in [3.8, 4) is 5.75 Å². The number of hydrogen-bond donors (Lipinski definition) is 2. The zero-order valence-electron chi connectivity index (χ0n) is 17.4. The fraction of sp³-hybridized carbons (Fsp3) is 0.0769. The molecule has 3 aromatic carbocycles. The molecule has 0 atom stereocenters. The Morgan fingerprint density at radius 2 is 1.47 bits per heavy atom. The number of methoxy groups -OCH3 is 1. The second-order valence-electron chi connectivity index (χ2n) is 7.09. The van der Waals surface area contributed by atoms with Crippen molar-refractivity contribution in [2.45, 2.75) is 5.92 Å². The van der Waals surface area contributed by atoms with Crippen molar-refractivity contribution in [3.63, 3.8) is 0 Å². The van der Waals surface area contributed by atoms with E-state index in [1.54, 1.807) is 30.3 Å². The number of rotatable bonds is 7. The quantitative estimate of drug-likeness (QED) is 0.420. The second kappa shape index (κ2) is 9.66. The Morgan fingerprint density at radius 3 is 2.03 bits per heavy atom. The number of ether oxygens (including phenoxy) is 1.